The Morgan fingerprint density at radius 3 is 2.83 bits per heavy atom. The number of nitrogens with two attached hydrogens (primary N) is 1. The number of para-hydroxylation sites is 1. The Hall–Kier alpha value is -1.10. The molecular weight excluding hydrogens is 228 g/mol. The molecule has 1 fully saturated rings. The standard InChI is InChI=1S/C14H22N2O2/c1-11(17)10-16-8-9-18-13-5-3-2-4-12(13)14(15)6-7-14/h2-5,11,16-17H,6-10,15H2,1H3/t11-/m0/s1. The minimum Gasteiger partial charge on any atom is -0.492 e. The molecule has 0 spiro atoms. The molecule has 1 aromatic carbocycles. The first-order valence-electron chi connectivity index (χ1n) is 6.52. The normalized spacial score (nSPS) is 18.4. The highest BCUT2D eigenvalue weighted by atomic mass is 16.5. The predicted octanol–water partition coefficient (Wildman–Crippen LogP) is 0.984. The van der Waals surface area contributed by atoms with Crippen LogP contribution in [-0.2, 0) is 5.54 Å². The first-order chi connectivity index (χ1) is 8.62. The molecule has 1 saturated carbocycles. The lowest BCUT2D eigenvalue weighted by molar-refractivity contribution is 0.188. The molecular formula is C14H22N2O2. The number of nitrogens with one attached hydrogen (secondary N) is 1. The van der Waals surface area contributed by atoms with Gasteiger partial charge in [0.25, 0.3) is 0 Å². The third-order valence-corrected chi connectivity index (χ3v) is 3.19. The topological polar surface area (TPSA) is 67.5 Å². The minimum atomic E-state index is -0.323. The van der Waals surface area contributed by atoms with Crippen LogP contribution in [-0.4, -0.2) is 30.9 Å². The van der Waals surface area contributed by atoms with Crippen molar-refractivity contribution in [1.82, 2.24) is 5.32 Å². The lowest BCUT2D eigenvalue weighted by Crippen LogP contribution is -2.28. The molecule has 4 N–H and O–H groups in total. The van der Waals surface area contributed by atoms with E-state index >= 15 is 0 Å². The van der Waals surface area contributed by atoms with E-state index < -0.39 is 0 Å². The van der Waals surface area contributed by atoms with E-state index in [2.05, 4.69) is 5.32 Å². The number of hydrogen-bond acceptors (Lipinski definition) is 4. The van der Waals surface area contributed by atoms with Crippen molar-refractivity contribution >= 4 is 0 Å². The first-order valence-corrected chi connectivity index (χ1v) is 6.52. The molecule has 18 heavy (non-hydrogen) atoms. The fourth-order valence-corrected chi connectivity index (χ4v) is 1.95. The minimum absolute atomic E-state index is 0.163. The summed E-state index contributed by atoms with van der Waals surface area (Å²) in [5.41, 5.74) is 7.16. The summed E-state index contributed by atoms with van der Waals surface area (Å²) < 4.78 is 5.76. The summed E-state index contributed by atoms with van der Waals surface area (Å²) in [7, 11) is 0. The van der Waals surface area contributed by atoms with Gasteiger partial charge in [-0.15, -0.1) is 0 Å². The lowest BCUT2D eigenvalue weighted by atomic mass is 10.1. The summed E-state index contributed by atoms with van der Waals surface area (Å²) in [6.45, 7) is 3.65. The zero-order chi connectivity index (χ0) is 13.0. The zero-order valence-corrected chi connectivity index (χ0v) is 10.9. The number of aliphatic hydroxyl groups is 1. The van der Waals surface area contributed by atoms with Gasteiger partial charge in [-0.1, -0.05) is 18.2 Å². The Morgan fingerprint density at radius 1 is 1.44 bits per heavy atom. The lowest BCUT2D eigenvalue weighted by Gasteiger charge is -2.16. The van der Waals surface area contributed by atoms with Gasteiger partial charge in [-0.25, -0.2) is 0 Å². The predicted molar refractivity (Wildman–Crippen MR) is 71.6 cm³/mol. The van der Waals surface area contributed by atoms with Gasteiger partial charge in [-0.2, -0.15) is 0 Å². The smallest absolute Gasteiger partial charge is 0.124 e. The summed E-state index contributed by atoms with van der Waals surface area (Å²) >= 11 is 0. The van der Waals surface area contributed by atoms with Crippen molar-refractivity contribution in [3.8, 4) is 5.75 Å². The Bertz CT molecular complexity index is 389. The molecule has 0 radical (unpaired) electrons. The van der Waals surface area contributed by atoms with E-state index in [-0.39, 0.29) is 11.6 Å². The van der Waals surface area contributed by atoms with Gasteiger partial charge in [0.1, 0.15) is 12.4 Å². The average molecular weight is 250 g/mol. The highest BCUT2D eigenvalue weighted by Gasteiger charge is 2.41. The maximum atomic E-state index is 9.11. The van der Waals surface area contributed by atoms with Gasteiger partial charge in [0.05, 0.1) is 6.10 Å². The summed E-state index contributed by atoms with van der Waals surface area (Å²) in [4.78, 5) is 0. The van der Waals surface area contributed by atoms with Crippen LogP contribution in [0.2, 0.25) is 0 Å². The molecule has 0 amide bonds. The quantitative estimate of drug-likeness (QED) is 0.631. The van der Waals surface area contributed by atoms with Crippen molar-refractivity contribution in [1.29, 1.82) is 0 Å². The second-order valence-electron chi connectivity index (χ2n) is 5.05. The maximum absolute atomic E-state index is 9.11. The summed E-state index contributed by atoms with van der Waals surface area (Å²) in [5.74, 6) is 0.886. The van der Waals surface area contributed by atoms with E-state index in [1.165, 1.54) is 0 Å². The van der Waals surface area contributed by atoms with Gasteiger partial charge in [0.15, 0.2) is 0 Å². The molecule has 1 aromatic rings. The maximum Gasteiger partial charge on any atom is 0.124 e. The summed E-state index contributed by atoms with van der Waals surface area (Å²) in [5, 5.41) is 12.2. The Morgan fingerprint density at radius 2 is 2.17 bits per heavy atom. The molecule has 0 saturated heterocycles. The summed E-state index contributed by atoms with van der Waals surface area (Å²) in [6.07, 6.45) is 1.75. The van der Waals surface area contributed by atoms with Crippen LogP contribution in [0.25, 0.3) is 0 Å². The molecule has 1 aliphatic carbocycles. The number of aliphatic hydroxyl groups excluding tert-OH is 1. The average Bonchev–Trinajstić information content (AvgIpc) is 3.08. The van der Waals surface area contributed by atoms with E-state index in [0.717, 1.165) is 30.7 Å². The van der Waals surface area contributed by atoms with Gasteiger partial charge < -0.3 is 20.9 Å². The largest absolute Gasteiger partial charge is 0.492 e. The van der Waals surface area contributed by atoms with E-state index in [1.54, 1.807) is 6.92 Å². The zero-order valence-electron chi connectivity index (χ0n) is 10.9. The van der Waals surface area contributed by atoms with Gasteiger partial charge in [0.2, 0.25) is 0 Å². The highest BCUT2D eigenvalue weighted by Crippen LogP contribution is 2.46. The van der Waals surface area contributed by atoms with Crippen molar-refractivity contribution in [3.05, 3.63) is 29.8 Å². The molecule has 0 bridgehead atoms. The third-order valence-electron chi connectivity index (χ3n) is 3.19. The van der Waals surface area contributed by atoms with Gasteiger partial charge in [-0.3, -0.25) is 0 Å². The fraction of sp³-hybridized carbons (Fsp3) is 0.571. The van der Waals surface area contributed by atoms with Gasteiger partial charge in [-0.05, 0) is 25.8 Å². The van der Waals surface area contributed by atoms with Crippen molar-refractivity contribution in [3.63, 3.8) is 0 Å². The second kappa shape index (κ2) is 5.69. The number of rotatable bonds is 7. The highest BCUT2D eigenvalue weighted by molar-refractivity contribution is 5.42. The van der Waals surface area contributed by atoms with Crippen molar-refractivity contribution in [2.75, 3.05) is 19.7 Å². The second-order valence-corrected chi connectivity index (χ2v) is 5.05. The monoisotopic (exact) mass is 250 g/mol. The van der Waals surface area contributed by atoms with Crippen molar-refractivity contribution in [2.45, 2.75) is 31.4 Å². The number of hydrogen-bond donors (Lipinski definition) is 3. The van der Waals surface area contributed by atoms with Crippen molar-refractivity contribution in [2.24, 2.45) is 5.73 Å². The molecule has 1 aliphatic rings. The van der Waals surface area contributed by atoms with Crippen LogP contribution in [0.1, 0.15) is 25.3 Å². The number of ether oxygens (including phenoxy) is 1. The number of benzene rings is 1. The van der Waals surface area contributed by atoms with Crippen LogP contribution in [0, 0.1) is 0 Å². The molecule has 2 rings (SSSR count). The van der Waals surface area contributed by atoms with Crippen molar-refractivity contribution < 1.29 is 9.84 Å². The van der Waals surface area contributed by atoms with Gasteiger partial charge >= 0.3 is 0 Å². The van der Waals surface area contributed by atoms with E-state index in [1.807, 2.05) is 24.3 Å². The van der Waals surface area contributed by atoms with Crippen LogP contribution in [0.15, 0.2) is 24.3 Å². The molecule has 4 nitrogen and oxygen atoms in total. The molecule has 0 aromatic heterocycles. The Labute approximate surface area is 108 Å². The molecule has 0 heterocycles. The first kappa shape index (κ1) is 13.3. The molecule has 100 valence electrons. The summed E-state index contributed by atoms with van der Waals surface area (Å²) in [6, 6.07) is 7.98. The fourth-order valence-electron chi connectivity index (χ4n) is 1.95. The van der Waals surface area contributed by atoms with Crippen LogP contribution in [0.3, 0.4) is 0 Å². The molecule has 0 aliphatic heterocycles. The van der Waals surface area contributed by atoms with E-state index in [4.69, 9.17) is 15.6 Å². The van der Waals surface area contributed by atoms with Crippen LogP contribution in [0.4, 0.5) is 0 Å². The molecule has 1 atom stereocenters. The Kier molecular flexibility index (Phi) is 4.22. The molecule has 4 heteroatoms. The Balaban J connectivity index is 1.82. The van der Waals surface area contributed by atoms with E-state index in [0.29, 0.717) is 13.2 Å². The van der Waals surface area contributed by atoms with Crippen LogP contribution < -0.4 is 15.8 Å². The molecule has 0 unspecified atom stereocenters. The van der Waals surface area contributed by atoms with Crippen LogP contribution >= 0.6 is 0 Å². The van der Waals surface area contributed by atoms with Gasteiger partial charge in [0, 0.05) is 24.2 Å². The van der Waals surface area contributed by atoms with Crippen LogP contribution in [0.5, 0.6) is 5.75 Å². The SMILES string of the molecule is C[C@H](O)CNCCOc1ccccc1C1(N)CC1. The van der Waals surface area contributed by atoms with E-state index in [9.17, 15) is 0 Å². The third kappa shape index (κ3) is 3.45.